The Bertz CT molecular complexity index is 345. The van der Waals surface area contributed by atoms with E-state index >= 15 is 0 Å². The summed E-state index contributed by atoms with van der Waals surface area (Å²) in [6.45, 7) is 3.95. The molecule has 1 N–H and O–H groups in total. The fraction of sp³-hybridized carbons (Fsp3) is 0.500. The van der Waals surface area contributed by atoms with Crippen LogP contribution in [0.1, 0.15) is 24.5 Å². The summed E-state index contributed by atoms with van der Waals surface area (Å²) in [5.74, 6) is 1.64. The first kappa shape index (κ1) is 11.7. The zero-order valence-electron chi connectivity index (χ0n) is 9.76. The highest BCUT2D eigenvalue weighted by Gasteiger charge is 2.16. The average molecular weight is 210 g/mol. The van der Waals surface area contributed by atoms with Gasteiger partial charge in [-0.3, -0.25) is 0 Å². The van der Waals surface area contributed by atoms with Crippen LogP contribution in [-0.2, 0) is 6.42 Å². The van der Waals surface area contributed by atoms with Crippen molar-refractivity contribution >= 4 is 0 Å². The molecule has 0 heterocycles. The van der Waals surface area contributed by atoms with E-state index in [0.29, 0.717) is 11.5 Å². The fourth-order valence-electron chi connectivity index (χ4n) is 1.75. The Labute approximate surface area is 90.6 Å². The Morgan fingerprint density at radius 3 is 2.27 bits per heavy atom. The number of aryl methyl sites for hydroxylation is 1. The molecular weight excluding hydrogens is 192 g/mol. The van der Waals surface area contributed by atoms with Gasteiger partial charge in [0.05, 0.1) is 14.2 Å². The molecule has 3 heteroatoms. The Hall–Kier alpha value is -1.38. The van der Waals surface area contributed by atoms with E-state index in [1.165, 1.54) is 0 Å². The zero-order valence-corrected chi connectivity index (χ0v) is 9.76. The molecule has 0 unspecified atom stereocenters. The largest absolute Gasteiger partial charge is 0.508 e. The monoisotopic (exact) mass is 210 g/mol. The van der Waals surface area contributed by atoms with Crippen LogP contribution >= 0.6 is 0 Å². The Kier molecular flexibility index (Phi) is 3.83. The molecule has 84 valence electrons. The van der Waals surface area contributed by atoms with Crippen LogP contribution in [-0.4, -0.2) is 19.3 Å². The molecular formula is C12H18O3. The predicted octanol–water partition coefficient (Wildman–Crippen LogP) is 2.67. The van der Waals surface area contributed by atoms with Crippen LogP contribution in [0.2, 0.25) is 0 Å². The van der Waals surface area contributed by atoms with Gasteiger partial charge < -0.3 is 14.6 Å². The maximum atomic E-state index is 9.82. The van der Waals surface area contributed by atoms with E-state index in [9.17, 15) is 5.11 Å². The summed E-state index contributed by atoms with van der Waals surface area (Å²) < 4.78 is 10.6. The van der Waals surface area contributed by atoms with Crippen LogP contribution in [0.15, 0.2) is 6.07 Å². The third kappa shape index (κ3) is 2.17. The van der Waals surface area contributed by atoms with Crippen molar-refractivity contribution in [3.8, 4) is 17.2 Å². The number of ether oxygens (including phenoxy) is 2. The molecule has 15 heavy (non-hydrogen) atoms. The third-order valence-electron chi connectivity index (χ3n) is 2.41. The van der Waals surface area contributed by atoms with Gasteiger partial charge in [-0.2, -0.15) is 0 Å². The van der Waals surface area contributed by atoms with Crippen molar-refractivity contribution in [1.29, 1.82) is 0 Å². The van der Waals surface area contributed by atoms with Gasteiger partial charge in [0.1, 0.15) is 5.75 Å². The van der Waals surface area contributed by atoms with Crippen LogP contribution in [0.5, 0.6) is 17.2 Å². The van der Waals surface area contributed by atoms with Gasteiger partial charge >= 0.3 is 0 Å². The quantitative estimate of drug-likeness (QED) is 0.830. The van der Waals surface area contributed by atoms with Crippen molar-refractivity contribution < 1.29 is 14.6 Å². The molecule has 0 saturated heterocycles. The van der Waals surface area contributed by atoms with Gasteiger partial charge in [0.2, 0.25) is 0 Å². The van der Waals surface area contributed by atoms with E-state index in [-0.39, 0.29) is 5.75 Å². The second kappa shape index (κ2) is 4.91. The number of benzene rings is 1. The maximum Gasteiger partial charge on any atom is 0.167 e. The second-order valence-corrected chi connectivity index (χ2v) is 3.51. The number of aromatic hydroxyl groups is 1. The number of phenolic OH excluding ortho intramolecular Hbond substituents is 1. The number of methoxy groups -OCH3 is 2. The highest BCUT2D eigenvalue weighted by Crippen LogP contribution is 2.40. The Morgan fingerprint density at radius 2 is 1.80 bits per heavy atom. The summed E-state index contributed by atoms with van der Waals surface area (Å²) in [5, 5.41) is 9.82. The first-order valence-corrected chi connectivity index (χ1v) is 5.09. The Morgan fingerprint density at radius 1 is 1.20 bits per heavy atom. The highest BCUT2D eigenvalue weighted by molar-refractivity contribution is 5.57. The third-order valence-corrected chi connectivity index (χ3v) is 2.41. The minimum atomic E-state index is 0.284. The molecule has 0 aliphatic heterocycles. The van der Waals surface area contributed by atoms with E-state index in [1.807, 2.05) is 6.92 Å². The van der Waals surface area contributed by atoms with Crippen LogP contribution in [0, 0.1) is 6.92 Å². The number of hydrogen-bond donors (Lipinski definition) is 1. The molecule has 0 radical (unpaired) electrons. The van der Waals surface area contributed by atoms with E-state index in [2.05, 4.69) is 6.92 Å². The molecule has 0 bridgehead atoms. The lowest BCUT2D eigenvalue weighted by Gasteiger charge is -2.16. The molecule has 0 atom stereocenters. The smallest absolute Gasteiger partial charge is 0.167 e. The van der Waals surface area contributed by atoms with Crippen LogP contribution in [0.4, 0.5) is 0 Å². The normalized spacial score (nSPS) is 10.1. The minimum Gasteiger partial charge on any atom is -0.508 e. The van der Waals surface area contributed by atoms with E-state index in [4.69, 9.17) is 9.47 Å². The van der Waals surface area contributed by atoms with Crippen LogP contribution in [0.3, 0.4) is 0 Å². The molecule has 0 aliphatic carbocycles. The lowest BCUT2D eigenvalue weighted by atomic mass is 10.0. The molecule has 0 saturated carbocycles. The van der Waals surface area contributed by atoms with Crippen molar-refractivity contribution in [1.82, 2.24) is 0 Å². The van der Waals surface area contributed by atoms with Gasteiger partial charge in [0.15, 0.2) is 11.5 Å². The number of phenols is 1. The van der Waals surface area contributed by atoms with Gasteiger partial charge in [-0.25, -0.2) is 0 Å². The lowest BCUT2D eigenvalue weighted by Crippen LogP contribution is -1.98. The molecule has 0 amide bonds. The van der Waals surface area contributed by atoms with E-state index in [1.54, 1.807) is 20.3 Å². The fourth-order valence-corrected chi connectivity index (χ4v) is 1.75. The molecule has 1 rings (SSSR count). The van der Waals surface area contributed by atoms with Gasteiger partial charge in [-0.1, -0.05) is 13.3 Å². The molecule has 0 fully saturated rings. The summed E-state index contributed by atoms with van der Waals surface area (Å²) in [6.07, 6.45) is 1.74. The molecule has 1 aromatic rings. The number of rotatable bonds is 4. The van der Waals surface area contributed by atoms with Crippen molar-refractivity contribution in [3.63, 3.8) is 0 Å². The van der Waals surface area contributed by atoms with Crippen molar-refractivity contribution in [2.45, 2.75) is 26.7 Å². The summed E-state index contributed by atoms with van der Waals surface area (Å²) in [5.41, 5.74) is 1.70. The first-order valence-electron chi connectivity index (χ1n) is 5.09. The predicted molar refractivity (Wildman–Crippen MR) is 59.9 cm³/mol. The molecule has 0 aromatic heterocycles. The van der Waals surface area contributed by atoms with Crippen molar-refractivity contribution in [3.05, 3.63) is 17.2 Å². The first-order chi connectivity index (χ1) is 7.15. The highest BCUT2D eigenvalue weighted by atomic mass is 16.5. The number of hydrogen-bond acceptors (Lipinski definition) is 3. The summed E-state index contributed by atoms with van der Waals surface area (Å²) in [7, 11) is 3.20. The maximum absolute atomic E-state index is 9.82. The van der Waals surface area contributed by atoms with E-state index < -0.39 is 0 Å². The van der Waals surface area contributed by atoms with Gasteiger partial charge in [-0.05, 0) is 25.0 Å². The van der Waals surface area contributed by atoms with Gasteiger partial charge in [-0.15, -0.1) is 0 Å². The SMILES string of the molecule is CCCc1c(O)cc(C)c(OC)c1OC. The standard InChI is InChI=1S/C12H18O3/c1-5-6-9-10(13)7-8(2)11(14-3)12(9)15-4/h7,13H,5-6H2,1-4H3. The topological polar surface area (TPSA) is 38.7 Å². The summed E-state index contributed by atoms with van der Waals surface area (Å²) in [6, 6.07) is 1.71. The average Bonchev–Trinajstić information content (AvgIpc) is 2.21. The second-order valence-electron chi connectivity index (χ2n) is 3.51. The Balaban J connectivity index is 3.35. The molecule has 1 aromatic carbocycles. The molecule has 3 nitrogen and oxygen atoms in total. The van der Waals surface area contributed by atoms with E-state index in [0.717, 1.165) is 24.0 Å². The lowest BCUT2D eigenvalue weighted by molar-refractivity contribution is 0.344. The van der Waals surface area contributed by atoms with Gasteiger partial charge in [0.25, 0.3) is 0 Å². The van der Waals surface area contributed by atoms with Crippen molar-refractivity contribution in [2.75, 3.05) is 14.2 Å². The summed E-state index contributed by atoms with van der Waals surface area (Å²) >= 11 is 0. The molecule has 0 aliphatic rings. The molecule has 0 spiro atoms. The van der Waals surface area contributed by atoms with Gasteiger partial charge in [0, 0.05) is 5.56 Å². The van der Waals surface area contributed by atoms with Crippen LogP contribution in [0.25, 0.3) is 0 Å². The minimum absolute atomic E-state index is 0.284. The summed E-state index contributed by atoms with van der Waals surface area (Å²) in [4.78, 5) is 0. The van der Waals surface area contributed by atoms with Crippen molar-refractivity contribution in [2.24, 2.45) is 0 Å². The zero-order chi connectivity index (χ0) is 11.4. The van der Waals surface area contributed by atoms with Crippen LogP contribution < -0.4 is 9.47 Å².